The third-order valence-electron chi connectivity index (χ3n) is 3.97. The summed E-state index contributed by atoms with van der Waals surface area (Å²) in [5.74, 6) is -1.95. The molecule has 0 saturated carbocycles. The molecule has 0 aromatic carbocycles. The van der Waals surface area contributed by atoms with E-state index in [0.717, 1.165) is 12.8 Å². The van der Waals surface area contributed by atoms with E-state index in [9.17, 15) is 19.8 Å². The summed E-state index contributed by atoms with van der Waals surface area (Å²) in [4.78, 5) is 21.2. The van der Waals surface area contributed by atoms with Crippen LogP contribution in [0.5, 0.6) is 0 Å². The zero-order valence-corrected chi connectivity index (χ0v) is 15.2. The molecule has 134 valence electrons. The second kappa shape index (κ2) is 15.7. The van der Waals surface area contributed by atoms with Crippen LogP contribution in [-0.2, 0) is 9.59 Å². The van der Waals surface area contributed by atoms with Crippen LogP contribution >= 0.6 is 0 Å². The minimum atomic E-state index is -1.10. The van der Waals surface area contributed by atoms with E-state index in [2.05, 4.69) is 13.0 Å². The molecule has 0 saturated heterocycles. The topological polar surface area (TPSA) is 97.7 Å². The van der Waals surface area contributed by atoms with Crippen molar-refractivity contribution in [2.24, 2.45) is 0 Å². The minimum Gasteiger partial charge on any atom is -0.550 e. The first-order valence-corrected chi connectivity index (χ1v) is 8.48. The Hall–Kier alpha value is -0.803. The zero-order chi connectivity index (χ0) is 17.6. The fraction of sp³-hybridized carbons (Fsp3) is 0.765. The van der Waals surface area contributed by atoms with Gasteiger partial charge in [-0.3, -0.25) is 9.28 Å². The number of unbranched alkanes of at least 4 members (excludes halogenated alkanes) is 3. The van der Waals surface area contributed by atoms with Gasteiger partial charge >= 0.3 is 24.8 Å². The molecular formula is C17H31LiNO5+. The monoisotopic (exact) mass is 336 g/mol. The number of carboxylic acids is 2. The van der Waals surface area contributed by atoms with Crippen LogP contribution in [0.1, 0.15) is 58.3 Å². The van der Waals surface area contributed by atoms with E-state index in [1.807, 2.05) is 6.08 Å². The molecule has 0 aromatic rings. The van der Waals surface area contributed by atoms with Gasteiger partial charge in [-0.15, -0.1) is 0 Å². The Morgan fingerprint density at radius 1 is 1.04 bits per heavy atom. The smallest absolute Gasteiger partial charge is 0.550 e. The summed E-state index contributed by atoms with van der Waals surface area (Å²) in [6.45, 7) is 3.65. The summed E-state index contributed by atoms with van der Waals surface area (Å²) in [6, 6.07) is 0. The van der Waals surface area contributed by atoms with Gasteiger partial charge in [-0.05, 0) is 25.3 Å². The number of carbonyl (C=O) groups excluding carboxylic acids is 1. The van der Waals surface area contributed by atoms with Gasteiger partial charge in [0.25, 0.3) is 0 Å². The molecule has 0 aliphatic heterocycles. The molecule has 0 amide bonds. The Morgan fingerprint density at radius 2 is 1.67 bits per heavy atom. The van der Waals surface area contributed by atoms with Crippen molar-refractivity contribution in [2.45, 2.75) is 58.3 Å². The number of rotatable bonds is 15. The van der Waals surface area contributed by atoms with Crippen LogP contribution in [0, 0.1) is 0 Å². The first-order valence-electron chi connectivity index (χ1n) is 8.48. The molecule has 7 heteroatoms. The van der Waals surface area contributed by atoms with Crippen LogP contribution in [0.2, 0.25) is 0 Å². The van der Waals surface area contributed by atoms with Crippen LogP contribution in [-0.4, -0.2) is 53.0 Å². The predicted molar refractivity (Wildman–Crippen MR) is 86.3 cm³/mol. The zero-order valence-electron chi connectivity index (χ0n) is 15.2. The molecule has 0 aliphatic carbocycles. The number of carbonyl (C=O) groups is 2. The molecule has 0 bridgehead atoms. The molecule has 0 radical (unpaired) electrons. The van der Waals surface area contributed by atoms with Gasteiger partial charge in [0.1, 0.15) is 0 Å². The number of aliphatic carboxylic acids is 2. The molecule has 1 unspecified atom stereocenters. The van der Waals surface area contributed by atoms with Crippen LogP contribution < -0.4 is 24.0 Å². The van der Waals surface area contributed by atoms with Gasteiger partial charge in [-0.2, -0.15) is 0 Å². The normalized spacial score (nSPS) is 13.4. The van der Waals surface area contributed by atoms with Gasteiger partial charge in [0.15, 0.2) is 6.73 Å². The van der Waals surface area contributed by atoms with Crippen molar-refractivity contribution >= 4 is 11.9 Å². The average Bonchev–Trinajstić information content (AvgIpc) is 2.49. The number of carboxylic acid groups (broad SMARTS) is 2. The van der Waals surface area contributed by atoms with Gasteiger partial charge in [-0.25, -0.2) is 0 Å². The van der Waals surface area contributed by atoms with E-state index in [0.29, 0.717) is 37.0 Å². The Balaban J connectivity index is 0. The van der Waals surface area contributed by atoms with Crippen molar-refractivity contribution in [3.63, 3.8) is 0 Å². The number of quaternary nitrogens is 1. The maximum absolute atomic E-state index is 10.7. The van der Waals surface area contributed by atoms with Crippen LogP contribution in [0.4, 0.5) is 0 Å². The van der Waals surface area contributed by atoms with Crippen LogP contribution in [0.3, 0.4) is 0 Å². The number of nitrogens with zero attached hydrogens (tertiary/aromatic N) is 1. The summed E-state index contributed by atoms with van der Waals surface area (Å²) in [7, 11) is 0. The average molecular weight is 336 g/mol. The first-order chi connectivity index (χ1) is 11.0. The van der Waals surface area contributed by atoms with Crippen LogP contribution in [0.15, 0.2) is 12.2 Å². The maximum atomic E-state index is 10.7. The van der Waals surface area contributed by atoms with Crippen molar-refractivity contribution in [1.82, 2.24) is 0 Å². The molecule has 0 rings (SSSR count). The molecular weight excluding hydrogens is 305 g/mol. The van der Waals surface area contributed by atoms with Crippen molar-refractivity contribution in [3.8, 4) is 0 Å². The Labute approximate surface area is 157 Å². The van der Waals surface area contributed by atoms with Gasteiger partial charge in [0, 0.05) is 18.8 Å². The molecule has 0 spiro atoms. The number of allylic oxidation sites excluding steroid dienone is 1. The van der Waals surface area contributed by atoms with E-state index in [1.54, 1.807) is 0 Å². The molecule has 2 N–H and O–H groups in total. The predicted octanol–water partition coefficient (Wildman–Crippen LogP) is -1.71. The maximum Gasteiger partial charge on any atom is 1.00 e. The van der Waals surface area contributed by atoms with Gasteiger partial charge in [0.2, 0.25) is 0 Å². The molecule has 24 heavy (non-hydrogen) atoms. The van der Waals surface area contributed by atoms with Gasteiger partial charge < -0.3 is 20.1 Å². The second-order valence-electron chi connectivity index (χ2n) is 6.05. The fourth-order valence-electron chi connectivity index (χ4n) is 2.55. The van der Waals surface area contributed by atoms with E-state index in [-0.39, 0.29) is 38.4 Å². The quantitative estimate of drug-likeness (QED) is 0.122. The molecule has 1 atom stereocenters. The summed E-state index contributed by atoms with van der Waals surface area (Å²) < 4.78 is 0.310. The number of aliphatic hydroxyl groups excluding tert-OH is 1. The van der Waals surface area contributed by atoms with Crippen molar-refractivity contribution in [1.29, 1.82) is 0 Å². The van der Waals surface area contributed by atoms with Gasteiger partial charge in [0.05, 0.1) is 26.1 Å². The van der Waals surface area contributed by atoms with E-state index < -0.39 is 11.9 Å². The first kappa shape index (κ1) is 25.4. The van der Waals surface area contributed by atoms with E-state index in [4.69, 9.17) is 5.11 Å². The summed E-state index contributed by atoms with van der Waals surface area (Å²) in [5, 5.41) is 29.1. The Kier molecular flexibility index (Phi) is 16.7. The van der Waals surface area contributed by atoms with E-state index in [1.165, 1.54) is 12.8 Å². The number of aliphatic hydroxyl groups is 1. The van der Waals surface area contributed by atoms with Crippen molar-refractivity contribution < 1.29 is 48.3 Å². The second-order valence-corrected chi connectivity index (χ2v) is 6.05. The molecule has 0 fully saturated rings. The van der Waals surface area contributed by atoms with Crippen LogP contribution in [0.25, 0.3) is 0 Å². The van der Waals surface area contributed by atoms with E-state index >= 15 is 0 Å². The standard InChI is InChI=1S/C17H31NO5.Li/c1-2-3-4-5-6-7-12-18(15-19,13-8-10-16(20)21)14-9-11-17(22)23;/h6-7,19H,2-5,8-15H2,1H3,(H-,20,21,22,23);/q;+1/b7-6+;. The summed E-state index contributed by atoms with van der Waals surface area (Å²) >= 11 is 0. The number of hydrogen-bond acceptors (Lipinski definition) is 4. The number of hydrogen-bond donors (Lipinski definition) is 2. The van der Waals surface area contributed by atoms with Crippen molar-refractivity contribution in [2.75, 3.05) is 26.4 Å². The summed E-state index contributed by atoms with van der Waals surface area (Å²) in [6.07, 6.45) is 9.49. The third kappa shape index (κ3) is 13.6. The minimum absolute atomic E-state index is 0. The Bertz CT molecular complexity index is 354. The summed E-state index contributed by atoms with van der Waals surface area (Å²) in [5.41, 5.74) is 0. The SMILES string of the molecule is CCCCC/C=C/C[N+](CO)(CCCC(=O)[O-])CCCC(=O)O.[Li+]. The van der Waals surface area contributed by atoms with Gasteiger partial charge in [-0.1, -0.05) is 25.8 Å². The molecule has 0 heterocycles. The fourth-order valence-corrected chi connectivity index (χ4v) is 2.55. The third-order valence-corrected chi connectivity index (χ3v) is 3.97. The molecule has 0 aromatic heterocycles. The Morgan fingerprint density at radius 3 is 2.17 bits per heavy atom. The van der Waals surface area contributed by atoms with Crippen molar-refractivity contribution in [3.05, 3.63) is 12.2 Å². The largest absolute Gasteiger partial charge is 1.00 e. The molecule has 0 aliphatic rings. The molecule has 6 nitrogen and oxygen atoms in total.